The summed E-state index contributed by atoms with van der Waals surface area (Å²) in [4.78, 5) is 11.7. The zero-order valence-corrected chi connectivity index (χ0v) is 10.2. The summed E-state index contributed by atoms with van der Waals surface area (Å²) in [6.45, 7) is -1.52. The Kier molecular flexibility index (Phi) is 4.92. The summed E-state index contributed by atoms with van der Waals surface area (Å²) in [5.41, 5.74) is -0.462. The lowest BCUT2D eigenvalue weighted by atomic mass is 10.1. The van der Waals surface area contributed by atoms with Gasteiger partial charge in [0.1, 0.15) is 11.6 Å². The van der Waals surface area contributed by atoms with Gasteiger partial charge in [0.25, 0.3) is 0 Å². The Morgan fingerprint density at radius 2 is 2.22 bits per heavy atom. The van der Waals surface area contributed by atoms with Gasteiger partial charge in [0.2, 0.25) is 0 Å². The number of hydrogen-bond acceptors (Lipinski definition) is 5. The van der Waals surface area contributed by atoms with Crippen LogP contribution in [0.5, 0.6) is 5.75 Å². The van der Waals surface area contributed by atoms with Crippen LogP contribution in [0.15, 0.2) is 17.0 Å². The number of benzene rings is 1. The largest absolute Gasteiger partial charge is 0.462 e. The Morgan fingerprint density at radius 1 is 1.56 bits per heavy atom. The van der Waals surface area contributed by atoms with E-state index in [1.54, 1.807) is 13.0 Å². The van der Waals surface area contributed by atoms with E-state index in [4.69, 9.17) is 10.00 Å². The van der Waals surface area contributed by atoms with E-state index in [0.29, 0.717) is 0 Å². The highest BCUT2D eigenvalue weighted by atomic mass is 32.1. The molecular weight excluding hydrogens is 264 g/mol. The molecule has 18 heavy (non-hydrogen) atoms. The monoisotopic (exact) mass is 273 g/mol. The molecular formula is C11H9F2NO3S. The molecule has 1 aromatic carbocycles. The predicted octanol–water partition coefficient (Wildman–Crippen LogP) is 2.63. The van der Waals surface area contributed by atoms with Crippen molar-refractivity contribution in [2.75, 3.05) is 6.61 Å². The number of halogens is 2. The number of ether oxygens (including phenoxy) is 2. The molecule has 0 bridgehead atoms. The van der Waals surface area contributed by atoms with Crippen molar-refractivity contribution >= 4 is 18.6 Å². The summed E-state index contributed by atoms with van der Waals surface area (Å²) in [6, 6.07) is 4.24. The Morgan fingerprint density at radius 3 is 2.72 bits per heavy atom. The second-order valence-corrected chi connectivity index (χ2v) is 3.53. The van der Waals surface area contributed by atoms with Crippen molar-refractivity contribution in [3.8, 4) is 11.8 Å². The van der Waals surface area contributed by atoms with Gasteiger partial charge in [-0.2, -0.15) is 14.0 Å². The fourth-order valence-corrected chi connectivity index (χ4v) is 1.54. The van der Waals surface area contributed by atoms with Crippen molar-refractivity contribution in [3.05, 3.63) is 23.3 Å². The molecule has 7 heteroatoms. The maximum absolute atomic E-state index is 12.3. The third kappa shape index (κ3) is 3.11. The molecule has 0 aliphatic rings. The van der Waals surface area contributed by atoms with Crippen LogP contribution in [0.3, 0.4) is 0 Å². The number of hydrogen-bond donors (Lipinski definition) is 1. The van der Waals surface area contributed by atoms with Gasteiger partial charge in [-0.1, -0.05) is 0 Å². The van der Waals surface area contributed by atoms with Gasteiger partial charge in [-0.15, -0.1) is 12.6 Å². The Bertz CT molecular complexity index is 500. The van der Waals surface area contributed by atoms with Crippen LogP contribution in [0.1, 0.15) is 22.8 Å². The lowest BCUT2D eigenvalue weighted by molar-refractivity contribution is -0.0508. The number of nitrogens with zero attached hydrogens (tertiary/aromatic N) is 1. The van der Waals surface area contributed by atoms with Crippen molar-refractivity contribution in [1.82, 2.24) is 0 Å². The first kappa shape index (κ1) is 14.3. The van der Waals surface area contributed by atoms with E-state index >= 15 is 0 Å². The fourth-order valence-electron chi connectivity index (χ4n) is 1.27. The molecule has 96 valence electrons. The Labute approximate surface area is 108 Å². The molecule has 0 aromatic heterocycles. The van der Waals surface area contributed by atoms with Gasteiger partial charge in [-0.25, -0.2) is 4.79 Å². The van der Waals surface area contributed by atoms with Gasteiger partial charge in [0.05, 0.1) is 12.2 Å². The van der Waals surface area contributed by atoms with Crippen LogP contribution in [0, 0.1) is 11.3 Å². The SMILES string of the molecule is CCOC(=O)c1c(S)ccc(C#N)c1OC(F)F. The third-order valence-electron chi connectivity index (χ3n) is 1.94. The average Bonchev–Trinajstić information content (AvgIpc) is 2.29. The molecule has 0 N–H and O–H groups in total. The Hall–Kier alpha value is -1.81. The minimum atomic E-state index is -3.15. The number of carbonyl (C=O) groups is 1. The zero-order chi connectivity index (χ0) is 13.7. The summed E-state index contributed by atoms with van der Waals surface area (Å²) in [5.74, 6) is -1.38. The normalized spacial score (nSPS) is 10.0. The molecule has 0 fully saturated rings. The maximum Gasteiger partial charge on any atom is 0.387 e. The molecule has 0 heterocycles. The summed E-state index contributed by atoms with van der Waals surface area (Å²) in [5, 5.41) is 8.81. The van der Waals surface area contributed by atoms with E-state index in [1.165, 1.54) is 12.1 Å². The molecule has 1 aromatic rings. The van der Waals surface area contributed by atoms with Crippen LogP contribution < -0.4 is 4.74 Å². The zero-order valence-electron chi connectivity index (χ0n) is 9.31. The topological polar surface area (TPSA) is 59.3 Å². The molecule has 0 atom stereocenters. The first-order valence-corrected chi connectivity index (χ1v) is 5.34. The van der Waals surface area contributed by atoms with Gasteiger partial charge in [0.15, 0.2) is 5.75 Å². The average molecular weight is 273 g/mol. The van der Waals surface area contributed by atoms with Crippen LogP contribution in [0.2, 0.25) is 0 Å². The van der Waals surface area contributed by atoms with Crippen LogP contribution in [-0.2, 0) is 4.74 Å². The smallest absolute Gasteiger partial charge is 0.387 e. The van der Waals surface area contributed by atoms with Gasteiger partial charge in [-0.3, -0.25) is 0 Å². The molecule has 0 unspecified atom stereocenters. The summed E-state index contributed by atoms with van der Waals surface area (Å²) >= 11 is 3.97. The molecule has 0 aliphatic carbocycles. The van der Waals surface area contributed by atoms with Gasteiger partial charge in [-0.05, 0) is 19.1 Å². The highest BCUT2D eigenvalue weighted by molar-refractivity contribution is 7.80. The van der Waals surface area contributed by atoms with Crippen LogP contribution >= 0.6 is 12.6 Å². The second kappa shape index (κ2) is 6.21. The fraction of sp³-hybridized carbons (Fsp3) is 0.273. The van der Waals surface area contributed by atoms with E-state index < -0.39 is 18.3 Å². The third-order valence-corrected chi connectivity index (χ3v) is 2.32. The highest BCUT2D eigenvalue weighted by Crippen LogP contribution is 2.31. The number of thiol groups is 1. The predicted molar refractivity (Wildman–Crippen MR) is 61.0 cm³/mol. The number of esters is 1. The second-order valence-electron chi connectivity index (χ2n) is 3.05. The first-order valence-electron chi connectivity index (χ1n) is 4.89. The highest BCUT2D eigenvalue weighted by Gasteiger charge is 2.23. The number of alkyl halides is 2. The quantitative estimate of drug-likeness (QED) is 0.676. The molecule has 0 spiro atoms. The molecule has 0 amide bonds. The minimum Gasteiger partial charge on any atom is -0.462 e. The van der Waals surface area contributed by atoms with E-state index in [-0.39, 0.29) is 22.6 Å². The first-order chi connectivity index (χ1) is 8.51. The Balaban J connectivity index is 3.36. The van der Waals surface area contributed by atoms with Crippen LogP contribution in [-0.4, -0.2) is 19.2 Å². The van der Waals surface area contributed by atoms with Gasteiger partial charge < -0.3 is 9.47 Å². The number of carbonyl (C=O) groups excluding carboxylic acids is 1. The summed E-state index contributed by atoms with van der Waals surface area (Å²) in [6.07, 6.45) is 0. The summed E-state index contributed by atoms with van der Waals surface area (Å²) in [7, 11) is 0. The van der Waals surface area contributed by atoms with Gasteiger partial charge >= 0.3 is 12.6 Å². The van der Waals surface area contributed by atoms with Crippen molar-refractivity contribution in [2.45, 2.75) is 18.4 Å². The van der Waals surface area contributed by atoms with Gasteiger partial charge in [0, 0.05) is 4.90 Å². The standard InChI is InChI=1S/C11H9F2NO3S/c1-2-16-10(15)8-7(18)4-3-6(5-14)9(8)17-11(12)13/h3-4,11,18H,2H2,1H3. The number of rotatable bonds is 4. The van der Waals surface area contributed by atoms with E-state index in [2.05, 4.69) is 17.4 Å². The molecule has 0 radical (unpaired) electrons. The molecule has 0 aliphatic heterocycles. The van der Waals surface area contributed by atoms with E-state index in [1.807, 2.05) is 0 Å². The number of nitriles is 1. The molecule has 4 nitrogen and oxygen atoms in total. The van der Waals surface area contributed by atoms with Crippen LogP contribution in [0.4, 0.5) is 8.78 Å². The molecule has 0 saturated carbocycles. The molecule has 1 rings (SSSR count). The lowest BCUT2D eigenvalue weighted by Gasteiger charge is -2.13. The van der Waals surface area contributed by atoms with Crippen molar-refractivity contribution in [1.29, 1.82) is 5.26 Å². The van der Waals surface area contributed by atoms with E-state index in [9.17, 15) is 13.6 Å². The van der Waals surface area contributed by atoms with E-state index in [0.717, 1.165) is 0 Å². The van der Waals surface area contributed by atoms with Crippen LogP contribution in [0.25, 0.3) is 0 Å². The van der Waals surface area contributed by atoms with Crippen molar-refractivity contribution in [2.24, 2.45) is 0 Å². The summed E-state index contributed by atoms with van der Waals surface area (Å²) < 4.78 is 33.5. The van der Waals surface area contributed by atoms with Crippen molar-refractivity contribution in [3.63, 3.8) is 0 Å². The molecule has 0 saturated heterocycles. The lowest BCUT2D eigenvalue weighted by Crippen LogP contribution is -2.12. The minimum absolute atomic E-state index is 0.0664. The maximum atomic E-state index is 12.3. The van der Waals surface area contributed by atoms with Crippen molar-refractivity contribution < 1.29 is 23.0 Å².